The number of hydrogen-bond donors (Lipinski definition) is 2. The van der Waals surface area contributed by atoms with Gasteiger partial charge in [-0.25, -0.2) is 0 Å². The standard InChI is InChI=1S/C9H21N3/c1-8-6-12(5-3-4-10)7-9(2)11-8/h8-9,11H,3-7,10H2,1-2H3. The lowest BCUT2D eigenvalue weighted by atomic mass is 10.1. The van der Waals surface area contributed by atoms with E-state index in [1.807, 2.05) is 0 Å². The number of rotatable bonds is 3. The summed E-state index contributed by atoms with van der Waals surface area (Å²) >= 11 is 0. The molecule has 1 aliphatic heterocycles. The van der Waals surface area contributed by atoms with Gasteiger partial charge in [-0.1, -0.05) is 0 Å². The molecule has 72 valence electrons. The van der Waals surface area contributed by atoms with Gasteiger partial charge in [0, 0.05) is 25.2 Å². The van der Waals surface area contributed by atoms with Crippen molar-refractivity contribution in [3.63, 3.8) is 0 Å². The Balaban J connectivity index is 2.24. The number of nitrogens with two attached hydrogens (primary N) is 1. The van der Waals surface area contributed by atoms with E-state index in [1.54, 1.807) is 0 Å². The van der Waals surface area contributed by atoms with Crippen molar-refractivity contribution < 1.29 is 0 Å². The third-order valence-electron chi connectivity index (χ3n) is 2.31. The van der Waals surface area contributed by atoms with Crippen LogP contribution in [0.1, 0.15) is 20.3 Å². The molecule has 1 aliphatic rings. The van der Waals surface area contributed by atoms with Crippen LogP contribution in [0.4, 0.5) is 0 Å². The second-order valence-corrected chi connectivity index (χ2v) is 3.87. The van der Waals surface area contributed by atoms with Crippen molar-refractivity contribution in [1.29, 1.82) is 0 Å². The molecule has 0 aromatic heterocycles. The molecule has 3 N–H and O–H groups in total. The number of nitrogens with zero attached hydrogens (tertiary/aromatic N) is 1. The van der Waals surface area contributed by atoms with Crippen LogP contribution in [0.25, 0.3) is 0 Å². The largest absolute Gasteiger partial charge is 0.330 e. The van der Waals surface area contributed by atoms with Crippen LogP contribution in [-0.4, -0.2) is 43.2 Å². The van der Waals surface area contributed by atoms with Crippen molar-refractivity contribution in [2.24, 2.45) is 5.73 Å². The lowest BCUT2D eigenvalue weighted by Gasteiger charge is -2.36. The van der Waals surface area contributed by atoms with Crippen LogP contribution in [0, 0.1) is 0 Å². The molecule has 1 rings (SSSR count). The number of hydrogen-bond acceptors (Lipinski definition) is 3. The summed E-state index contributed by atoms with van der Waals surface area (Å²) in [7, 11) is 0. The maximum Gasteiger partial charge on any atom is 0.0169 e. The molecule has 0 aromatic rings. The molecule has 1 heterocycles. The molecule has 0 aromatic carbocycles. The summed E-state index contributed by atoms with van der Waals surface area (Å²) in [6.45, 7) is 8.80. The molecule has 2 atom stereocenters. The predicted octanol–water partition coefficient (Wildman–Crippen LogP) is 0.0174. The van der Waals surface area contributed by atoms with Crippen LogP contribution >= 0.6 is 0 Å². The van der Waals surface area contributed by atoms with Crippen molar-refractivity contribution in [2.45, 2.75) is 32.4 Å². The average Bonchev–Trinajstić information content (AvgIpc) is 1.99. The molecular formula is C9H21N3. The zero-order valence-electron chi connectivity index (χ0n) is 8.21. The van der Waals surface area contributed by atoms with Crippen LogP contribution in [0.3, 0.4) is 0 Å². The zero-order chi connectivity index (χ0) is 8.97. The minimum atomic E-state index is 0.631. The van der Waals surface area contributed by atoms with Gasteiger partial charge in [0.25, 0.3) is 0 Å². The molecule has 3 heteroatoms. The lowest BCUT2D eigenvalue weighted by Crippen LogP contribution is -2.54. The topological polar surface area (TPSA) is 41.3 Å². The van der Waals surface area contributed by atoms with Crippen LogP contribution in [0.15, 0.2) is 0 Å². The SMILES string of the molecule is CC1CN(CCCN)CC(C)N1. The van der Waals surface area contributed by atoms with Gasteiger partial charge >= 0.3 is 0 Å². The molecule has 1 saturated heterocycles. The van der Waals surface area contributed by atoms with Gasteiger partial charge in [0.15, 0.2) is 0 Å². The average molecular weight is 171 g/mol. The highest BCUT2D eigenvalue weighted by molar-refractivity contribution is 4.80. The van der Waals surface area contributed by atoms with Gasteiger partial charge in [-0.05, 0) is 33.4 Å². The van der Waals surface area contributed by atoms with E-state index in [-0.39, 0.29) is 0 Å². The first-order chi connectivity index (χ1) is 5.72. The Morgan fingerprint density at radius 3 is 2.42 bits per heavy atom. The molecule has 0 spiro atoms. The van der Waals surface area contributed by atoms with Crippen molar-refractivity contribution in [2.75, 3.05) is 26.2 Å². The normalized spacial score (nSPS) is 32.2. The summed E-state index contributed by atoms with van der Waals surface area (Å²) in [5.74, 6) is 0. The summed E-state index contributed by atoms with van der Waals surface area (Å²) in [6.07, 6.45) is 1.12. The molecule has 0 aliphatic carbocycles. The van der Waals surface area contributed by atoms with Crippen molar-refractivity contribution in [3.8, 4) is 0 Å². The first-order valence-corrected chi connectivity index (χ1v) is 4.91. The van der Waals surface area contributed by atoms with E-state index in [1.165, 1.54) is 13.1 Å². The minimum Gasteiger partial charge on any atom is -0.330 e. The molecule has 0 amide bonds. The quantitative estimate of drug-likeness (QED) is 0.629. The number of piperazine rings is 1. The molecule has 12 heavy (non-hydrogen) atoms. The first kappa shape index (κ1) is 9.96. The van der Waals surface area contributed by atoms with Crippen LogP contribution in [0.5, 0.6) is 0 Å². The van der Waals surface area contributed by atoms with Gasteiger partial charge in [-0.3, -0.25) is 0 Å². The Bertz CT molecular complexity index is 117. The fourth-order valence-electron chi connectivity index (χ4n) is 1.94. The van der Waals surface area contributed by atoms with E-state index >= 15 is 0 Å². The lowest BCUT2D eigenvalue weighted by molar-refractivity contribution is 0.173. The van der Waals surface area contributed by atoms with E-state index in [0.717, 1.165) is 19.5 Å². The molecule has 0 bridgehead atoms. The third-order valence-corrected chi connectivity index (χ3v) is 2.31. The summed E-state index contributed by atoms with van der Waals surface area (Å²) in [5, 5.41) is 3.51. The van der Waals surface area contributed by atoms with E-state index in [0.29, 0.717) is 12.1 Å². The highest BCUT2D eigenvalue weighted by atomic mass is 15.2. The maximum absolute atomic E-state index is 5.47. The van der Waals surface area contributed by atoms with E-state index < -0.39 is 0 Å². The fraction of sp³-hybridized carbons (Fsp3) is 1.00. The Kier molecular flexibility index (Phi) is 3.98. The maximum atomic E-state index is 5.47. The highest BCUT2D eigenvalue weighted by Crippen LogP contribution is 2.03. The molecule has 3 nitrogen and oxygen atoms in total. The summed E-state index contributed by atoms with van der Waals surface area (Å²) in [6, 6.07) is 1.26. The van der Waals surface area contributed by atoms with Crippen molar-refractivity contribution >= 4 is 0 Å². The third kappa shape index (κ3) is 3.09. The van der Waals surface area contributed by atoms with Gasteiger partial charge in [0.1, 0.15) is 0 Å². The van der Waals surface area contributed by atoms with Gasteiger partial charge < -0.3 is 16.0 Å². The fourth-order valence-corrected chi connectivity index (χ4v) is 1.94. The van der Waals surface area contributed by atoms with Gasteiger partial charge in [0.2, 0.25) is 0 Å². The summed E-state index contributed by atoms with van der Waals surface area (Å²) in [5.41, 5.74) is 5.47. The van der Waals surface area contributed by atoms with Gasteiger partial charge in [-0.2, -0.15) is 0 Å². The second kappa shape index (κ2) is 4.80. The molecule has 0 radical (unpaired) electrons. The Hall–Kier alpha value is -0.120. The second-order valence-electron chi connectivity index (χ2n) is 3.87. The van der Waals surface area contributed by atoms with Crippen LogP contribution < -0.4 is 11.1 Å². The van der Waals surface area contributed by atoms with E-state index in [2.05, 4.69) is 24.1 Å². The monoisotopic (exact) mass is 171 g/mol. The van der Waals surface area contributed by atoms with Gasteiger partial charge in [-0.15, -0.1) is 0 Å². The molecule has 1 fully saturated rings. The Morgan fingerprint density at radius 2 is 1.92 bits per heavy atom. The van der Waals surface area contributed by atoms with Crippen LogP contribution in [-0.2, 0) is 0 Å². The summed E-state index contributed by atoms with van der Waals surface area (Å²) in [4.78, 5) is 2.50. The van der Waals surface area contributed by atoms with E-state index in [4.69, 9.17) is 5.73 Å². The summed E-state index contributed by atoms with van der Waals surface area (Å²) < 4.78 is 0. The minimum absolute atomic E-state index is 0.631. The Labute approximate surface area is 75.3 Å². The smallest absolute Gasteiger partial charge is 0.0169 e. The molecule has 2 unspecified atom stereocenters. The van der Waals surface area contributed by atoms with Crippen LogP contribution in [0.2, 0.25) is 0 Å². The van der Waals surface area contributed by atoms with Gasteiger partial charge in [0.05, 0.1) is 0 Å². The van der Waals surface area contributed by atoms with Crippen molar-refractivity contribution in [3.05, 3.63) is 0 Å². The number of nitrogens with one attached hydrogen (secondary N) is 1. The first-order valence-electron chi connectivity index (χ1n) is 4.91. The van der Waals surface area contributed by atoms with E-state index in [9.17, 15) is 0 Å². The highest BCUT2D eigenvalue weighted by Gasteiger charge is 2.19. The molecular weight excluding hydrogens is 150 g/mol. The Morgan fingerprint density at radius 1 is 1.33 bits per heavy atom. The van der Waals surface area contributed by atoms with Crippen molar-refractivity contribution in [1.82, 2.24) is 10.2 Å². The zero-order valence-corrected chi connectivity index (χ0v) is 8.21. The molecule has 0 saturated carbocycles. The predicted molar refractivity (Wildman–Crippen MR) is 52.2 cm³/mol.